The molecule has 0 aliphatic carbocycles. The molecule has 29 heavy (non-hydrogen) atoms. The van der Waals surface area contributed by atoms with Gasteiger partial charge in [-0.15, -0.1) is 10.2 Å². The average molecular weight is 408 g/mol. The first-order valence-electron chi connectivity index (χ1n) is 9.07. The van der Waals surface area contributed by atoms with Crippen molar-refractivity contribution in [2.45, 2.75) is 17.3 Å². The number of benzene rings is 2. The van der Waals surface area contributed by atoms with Crippen molar-refractivity contribution in [3.05, 3.63) is 60.5 Å². The first-order valence-corrected chi connectivity index (χ1v) is 9.95. The minimum atomic E-state index is -0.132. The van der Waals surface area contributed by atoms with Crippen LogP contribution in [0.25, 0.3) is 22.8 Å². The zero-order chi connectivity index (χ0) is 20.4. The monoisotopic (exact) mass is 407 g/mol. The van der Waals surface area contributed by atoms with Gasteiger partial charge in [-0.05, 0) is 19.1 Å². The van der Waals surface area contributed by atoms with Gasteiger partial charge in [-0.3, -0.25) is 0 Å². The minimum absolute atomic E-state index is 0.132. The van der Waals surface area contributed by atoms with E-state index >= 15 is 0 Å². The Hall–Kier alpha value is -3.33. The van der Waals surface area contributed by atoms with Gasteiger partial charge in [-0.1, -0.05) is 59.4 Å². The molecular weight excluding hydrogens is 386 g/mol. The molecule has 1 atom stereocenters. The van der Waals surface area contributed by atoms with E-state index in [-0.39, 0.29) is 5.25 Å². The van der Waals surface area contributed by atoms with Gasteiger partial charge in [-0.25, -0.2) is 4.68 Å². The predicted molar refractivity (Wildman–Crippen MR) is 114 cm³/mol. The largest absolute Gasteiger partial charge is 0.378 e. The van der Waals surface area contributed by atoms with Crippen molar-refractivity contribution in [2.24, 2.45) is 0 Å². The number of rotatable bonds is 6. The topological polar surface area (TPSA) is 98.9 Å². The maximum Gasteiger partial charge on any atom is 0.240 e. The van der Waals surface area contributed by atoms with Gasteiger partial charge >= 0.3 is 0 Å². The Bertz CT molecular complexity index is 1110. The highest BCUT2D eigenvalue weighted by Gasteiger charge is 2.21. The fraction of sp³-hybridized carbons (Fsp3) is 0.200. The molecule has 2 aromatic carbocycles. The number of nitrogen functional groups attached to an aromatic ring is 1. The highest BCUT2D eigenvalue weighted by atomic mass is 32.2. The Balaban J connectivity index is 1.54. The zero-order valence-corrected chi connectivity index (χ0v) is 17.2. The average Bonchev–Trinajstić information content (AvgIpc) is 3.37. The van der Waals surface area contributed by atoms with Gasteiger partial charge in [-0.2, -0.15) is 4.98 Å². The minimum Gasteiger partial charge on any atom is -0.378 e. The molecule has 1 unspecified atom stereocenters. The summed E-state index contributed by atoms with van der Waals surface area (Å²) < 4.78 is 6.93. The highest BCUT2D eigenvalue weighted by molar-refractivity contribution is 7.99. The van der Waals surface area contributed by atoms with Gasteiger partial charge in [0.05, 0.1) is 5.25 Å². The third-order valence-electron chi connectivity index (χ3n) is 4.39. The predicted octanol–water partition coefficient (Wildman–Crippen LogP) is 3.63. The summed E-state index contributed by atoms with van der Waals surface area (Å²) in [4.78, 5) is 6.53. The Morgan fingerprint density at radius 2 is 1.79 bits per heavy atom. The smallest absolute Gasteiger partial charge is 0.240 e. The van der Waals surface area contributed by atoms with E-state index in [4.69, 9.17) is 10.4 Å². The molecule has 0 saturated heterocycles. The lowest BCUT2D eigenvalue weighted by atomic mass is 10.2. The second kappa shape index (κ2) is 7.96. The van der Waals surface area contributed by atoms with Crippen LogP contribution < -0.4 is 10.7 Å². The van der Waals surface area contributed by atoms with Crippen molar-refractivity contribution in [3.63, 3.8) is 0 Å². The number of anilines is 1. The summed E-state index contributed by atoms with van der Waals surface area (Å²) in [5, 5.41) is 13.0. The summed E-state index contributed by atoms with van der Waals surface area (Å²) in [6.07, 6.45) is 0. The van der Waals surface area contributed by atoms with Crippen molar-refractivity contribution >= 4 is 17.4 Å². The van der Waals surface area contributed by atoms with E-state index in [2.05, 4.69) is 20.3 Å². The number of hydrogen-bond donors (Lipinski definition) is 1. The van der Waals surface area contributed by atoms with Gasteiger partial charge in [0.15, 0.2) is 5.82 Å². The molecule has 2 N–H and O–H groups in total. The van der Waals surface area contributed by atoms with Crippen LogP contribution in [-0.4, -0.2) is 39.1 Å². The second-order valence-corrected chi connectivity index (χ2v) is 8.01. The fourth-order valence-electron chi connectivity index (χ4n) is 2.79. The van der Waals surface area contributed by atoms with Crippen LogP contribution in [0.3, 0.4) is 0 Å². The van der Waals surface area contributed by atoms with Crippen LogP contribution in [0.5, 0.6) is 0 Å². The molecule has 9 heteroatoms. The van der Waals surface area contributed by atoms with E-state index in [1.165, 1.54) is 16.4 Å². The lowest BCUT2D eigenvalue weighted by Gasteiger charge is -2.13. The molecule has 4 aromatic rings. The molecule has 0 bridgehead atoms. The van der Waals surface area contributed by atoms with E-state index < -0.39 is 0 Å². The van der Waals surface area contributed by atoms with E-state index in [0.29, 0.717) is 22.7 Å². The summed E-state index contributed by atoms with van der Waals surface area (Å²) in [5.74, 6) is 7.94. The molecule has 8 nitrogen and oxygen atoms in total. The quantitative estimate of drug-likeness (QED) is 0.382. The van der Waals surface area contributed by atoms with Crippen molar-refractivity contribution < 1.29 is 4.52 Å². The van der Waals surface area contributed by atoms with Crippen LogP contribution in [0.4, 0.5) is 5.69 Å². The third-order valence-corrected chi connectivity index (χ3v) is 5.43. The standard InChI is InChI=1S/C20H21N7OS/c1-13(19-22-17(25-28-19)14-8-5-4-6-9-14)29-20-24-23-18(27(20)21)15-10-7-11-16(12-15)26(2)3/h4-13H,21H2,1-3H3. The first kappa shape index (κ1) is 19.0. The molecule has 0 aliphatic rings. The number of nitrogens with two attached hydrogens (primary N) is 1. The molecule has 0 radical (unpaired) electrons. The lowest BCUT2D eigenvalue weighted by molar-refractivity contribution is 0.380. The fourth-order valence-corrected chi connectivity index (χ4v) is 3.59. The molecule has 0 amide bonds. The molecule has 2 heterocycles. The van der Waals surface area contributed by atoms with Gasteiger partial charge in [0.1, 0.15) is 0 Å². The Morgan fingerprint density at radius 3 is 2.55 bits per heavy atom. The molecular formula is C20H21N7OS. The van der Waals surface area contributed by atoms with Gasteiger partial charge in [0.2, 0.25) is 16.9 Å². The molecule has 2 aromatic heterocycles. The van der Waals surface area contributed by atoms with Crippen LogP contribution in [0.15, 0.2) is 64.3 Å². The van der Waals surface area contributed by atoms with Crippen LogP contribution in [-0.2, 0) is 0 Å². The van der Waals surface area contributed by atoms with Crippen molar-refractivity contribution in [2.75, 3.05) is 24.8 Å². The Labute approximate surface area is 172 Å². The first-order chi connectivity index (χ1) is 14.0. The zero-order valence-electron chi connectivity index (χ0n) is 16.4. The summed E-state index contributed by atoms with van der Waals surface area (Å²) in [6, 6.07) is 17.7. The number of thioether (sulfide) groups is 1. The molecule has 0 saturated carbocycles. The summed E-state index contributed by atoms with van der Waals surface area (Å²) in [6.45, 7) is 1.97. The van der Waals surface area contributed by atoms with Crippen molar-refractivity contribution in [1.29, 1.82) is 0 Å². The normalized spacial score (nSPS) is 12.1. The van der Waals surface area contributed by atoms with Crippen LogP contribution in [0, 0.1) is 0 Å². The Morgan fingerprint density at radius 1 is 1.03 bits per heavy atom. The summed E-state index contributed by atoms with van der Waals surface area (Å²) in [5.41, 5.74) is 2.87. The third kappa shape index (κ3) is 3.95. The number of nitrogens with zero attached hydrogens (tertiary/aromatic N) is 6. The number of hydrogen-bond acceptors (Lipinski definition) is 8. The van der Waals surface area contributed by atoms with E-state index in [1.807, 2.05) is 80.5 Å². The van der Waals surface area contributed by atoms with Crippen LogP contribution in [0.1, 0.15) is 18.1 Å². The molecule has 4 rings (SSSR count). The maximum absolute atomic E-state index is 6.27. The van der Waals surface area contributed by atoms with Crippen LogP contribution >= 0.6 is 11.8 Å². The van der Waals surface area contributed by atoms with Crippen LogP contribution in [0.2, 0.25) is 0 Å². The van der Waals surface area contributed by atoms with Crippen molar-refractivity contribution in [3.8, 4) is 22.8 Å². The molecule has 0 spiro atoms. The van der Waals surface area contributed by atoms with Gasteiger partial charge < -0.3 is 15.3 Å². The lowest BCUT2D eigenvalue weighted by Crippen LogP contribution is -2.12. The summed E-state index contributed by atoms with van der Waals surface area (Å²) >= 11 is 1.42. The SMILES string of the molecule is CC(Sc1nnc(-c2cccc(N(C)C)c2)n1N)c1nc(-c2ccccc2)no1. The van der Waals surface area contributed by atoms with Gasteiger partial charge in [0.25, 0.3) is 0 Å². The van der Waals surface area contributed by atoms with Crippen molar-refractivity contribution in [1.82, 2.24) is 25.0 Å². The highest BCUT2D eigenvalue weighted by Crippen LogP contribution is 2.34. The van der Waals surface area contributed by atoms with E-state index in [1.54, 1.807) is 0 Å². The maximum atomic E-state index is 6.27. The Kier molecular flexibility index (Phi) is 5.22. The number of aromatic nitrogens is 5. The molecule has 0 fully saturated rings. The second-order valence-electron chi connectivity index (χ2n) is 6.70. The van der Waals surface area contributed by atoms with Gasteiger partial charge in [0, 0.05) is 30.9 Å². The summed E-state index contributed by atoms with van der Waals surface area (Å²) in [7, 11) is 3.98. The van der Waals surface area contributed by atoms with E-state index in [9.17, 15) is 0 Å². The molecule has 148 valence electrons. The van der Waals surface area contributed by atoms with E-state index in [0.717, 1.165) is 16.8 Å². The molecule has 0 aliphatic heterocycles.